The molecule has 0 amide bonds. The van der Waals surface area contributed by atoms with Crippen molar-refractivity contribution in [2.24, 2.45) is 7.05 Å². The van der Waals surface area contributed by atoms with Crippen LogP contribution in [0.5, 0.6) is 5.75 Å². The van der Waals surface area contributed by atoms with Gasteiger partial charge in [-0.2, -0.15) is 0 Å². The first-order chi connectivity index (χ1) is 9.66. The Hall–Kier alpha value is -1.64. The highest BCUT2D eigenvalue weighted by Crippen LogP contribution is 2.28. The van der Waals surface area contributed by atoms with Gasteiger partial charge in [0.05, 0.1) is 10.7 Å². The fourth-order valence-electron chi connectivity index (χ4n) is 2.23. The van der Waals surface area contributed by atoms with Crippen molar-refractivity contribution in [3.8, 4) is 5.75 Å². The van der Waals surface area contributed by atoms with Gasteiger partial charge < -0.3 is 9.30 Å². The van der Waals surface area contributed by atoms with Crippen molar-refractivity contribution in [3.63, 3.8) is 0 Å². The highest BCUT2D eigenvalue weighted by molar-refractivity contribution is 6.35. The van der Waals surface area contributed by atoms with Gasteiger partial charge in [0, 0.05) is 23.0 Å². The van der Waals surface area contributed by atoms with Gasteiger partial charge >= 0.3 is 0 Å². The molecule has 2 aromatic carbocycles. The number of benzene rings is 2. The van der Waals surface area contributed by atoms with E-state index in [1.54, 1.807) is 0 Å². The Morgan fingerprint density at radius 2 is 1.75 bits per heavy atom. The molecule has 0 saturated heterocycles. The normalized spacial score (nSPS) is 10.9. The number of ether oxygens (including phenoxy) is 1. The molecule has 0 aliphatic rings. The number of hydrogen-bond donors (Lipinski definition) is 0. The Labute approximate surface area is 127 Å². The quantitative estimate of drug-likeness (QED) is 0.659. The molecule has 0 spiro atoms. The lowest BCUT2D eigenvalue weighted by Crippen LogP contribution is -2.01. The minimum atomic E-state index is 0.450. The minimum Gasteiger partial charge on any atom is -0.486 e. The summed E-state index contributed by atoms with van der Waals surface area (Å²) in [5.41, 5.74) is 2.14. The van der Waals surface area contributed by atoms with Gasteiger partial charge in [-0.1, -0.05) is 41.4 Å². The number of aromatic nitrogens is 1. The summed E-state index contributed by atoms with van der Waals surface area (Å²) in [6.45, 7) is 0.450. The van der Waals surface area contributed by atoms with Crippen molar-refractivity contribution in [3.05, 3.63) is 64.3 Å². The zero-order chi connectivity index (χ0) is 14.1. The third-order valence-electron chi connectivity index (χ3n) is 3.35. The van der Waals surface area contributed by atoms with E-state index in [1.807, 2.05) is 49.5 Å². The van der Waals surface area contributed by atoms with Gasteiger partial charge in [0.2, 0.25) is 0 Å². The smallest absolute Gasteiger partial charge is 0.138 e. The van der Waals surface area contributed by atoms with Crippen LogP contribution in [0.1, 0.15) is 5.69 Å². The topological polar surface area (TPSA) is 14.2 Å². The van der Waals surface area contributed by atoms with Crippen LogP contribution in [0.3, 0.4) is 0 Å². The van der Waals surface area contributed by atoms with Gasteiger partial charge in [-0.3, -0.25) is 0 Å². The second kappa shape index (κ2) is 5.39. The highest BCUT2D eigenvalue weighted by Gasteiger charge is 2.09. The predicted molar refractivity (Wildman–Crippen MR) is 83.7 cm³/mol. The Balaban J connectivity index is 1.90. The fourth-order valence-corrected chi connectivity index (χ4v) is 2.65. The molecule has 0 N–H and O–H groups in total. The Bertz CT molecular complexity index is 764. The summed E-state index contributed by atoms with van der Waals surface area (Å²) in [4.78, 5) is 0. The number of fused-ring (bicyclic) bond motifs is 1. The van der Waals surface area contributed by atoms with Gasteiger partial charge in [-0.05, 0) is 30.3 Å². The van der Waals surface area contributed by atoms with Gasteiger partial charge in [0.1, 0.15) is 12.4 Å². The van der Waals surface area contributed by atoms with E-state index in [0.717, 1.165) is 21.6 Å². The minimum absolute atomic E-state index is 0.450. The van der Waals surface area contributed by atoms with Crippen LogP contribution in [-0.4, -0.2) is 4.57 Å². The second-order valence-electron chi connectivity index (χ2n) is 4.59. The number of halogens is 2. The molecule has 1 heterocycles. The summed E-state index contributed by atoms with van der Waals surface area (Å²) < 4.78 is 7.86. The molecule has 0 aliphatic carbocycles. The van der Waals surface area contributed by atoms with Crippen molar-refractivity contribution in [2.75, 3.05) is 0 Å². The standard InChI is InChI=1S/C16H13Cl2NO/c1-19-11(9-12-13(17)6-4-7-15(12)19)10-20-16-8-3-2-5-14(16)18/h2-9H,10H2,1H3. The largest absolute Gasteiger partial charge is 0.486 e. The van der Waals surface area contributed by atoms with E-state index in [1.165, 1.54) is 0 Å². The van der Waals surface area contributed by atoms with Crippen molar-refractivity contribution in [2.45, 2.75) is 6.61 Å². The molecule has 3 aromatic rings. The first kappa shape index (κ1) is 13.3. The zero-order valence-corrected chi connectivity index (χ0v) is 12.4. The fraction of sp³-hybridized carbons (Fsp3) is 0.125. The monoisotopic (exact) mass is 305 g/mol. The first-order valence-electron chi connectivity index (χ1n) is 6.27. The summed E-state index contributed by atoms with van der Waals surface area (Å²) in [6, 6.07) is 15.4. The molecule has 0 fully saturated rings. The van der Waals surface area contributed by atoms with Crippen LogP contribution in [0.4, 0.5) is 0 Å². The molecule has 102 valence electrons. The molecule has 2 nitrogen and oxygen atoms in total. The number of aryl methyl sites for hydroxylation is 1. The molecule has 3 rings (SSSR count). The second-order valence-corrected chi connectivity index (χ2v) is 5.40. The number of nitrogens with zero attached hydrogens (tertiary/aromatic N) is 1. The van der Waals surface area contributed by atoms with Crippen LogP contribution in [0.15, 0.2) is 48.5 Å². The van der Waals surface area contributed by atoms with E-state index < -0.39 is 0 Å². The van der Waals surface area contributed by atoms with E-state index in [9.17, 15) is 0 Å². The number of hydrogen-bond acceptors (Lipinski definition) is 1. The van der Waals surface area contributed by atoms with Gasteiger partial charge in [0.15, 0.2) is 0 Å². The average Bonchev–Trinajstić information content (AvgIpc) is 2.77. The lowest BCUT2D eigenvalue weighted by molar-refractivity contribution is 0.298. The summed E-state index contributed by atoms with van der Waals surface area (Å²) >= 11 is 12.3. The summed E-state index contributed by atoms with van der Waals surface area (Å²) in [7, 11) is 2.00. The zero-order valence-electron chi connectivity index (χ0n) is 10.9. The van der Waals surface area contributed by atoms with Crippen molar-refractivity contribution in [1.29, 1.82) is 0 Å². The molecular formula is C16H13Cl2NO. The predicted octanol–water partition coefficient (Wildman–Crippen LogP) is 5.06. The summed E-state index contributed by atoms with van der Waals surface area (Å²) in [5.74, 6) is 0.686. The Morgan fingerprint density at radius 1 is 1.00 bits per heavy atom. The maximum absolute atomic E-state index is 6.21. The van der Waals surface area contributed by atoms with Crippen molar-refractivity contribution < 1.29 is 4.74 Å². The summed E-state index contributed by atoms with van der Waals surface area (Å²) in [6.07, 6.45) is 0. The van der Waals surface area contributed by atoms with E-state index in [2.05, 4.69) is 10.6 Å². The molecule has 0 atom stereocenters. The Kier molecular flexibility index (Phi) is 3.60. The van der Waals surface area contributed by atoms with E-state index in [4.69, 9.17) is 27.9 Å². The van der Waals surface area contributed by atoms with E-state index >= 15 is 0 Å². The van der Waals surface area contributed by atoms with Crippen molar-refractivity contribution >= 4 is 34.1 Å². The van der Waals surface area contributed by atoms with E-state index in [0.29, 0.717) is 17.4 Å². The summed E-state index contributed by atoms with van der Waals surface area (Å²) in [5, 5.41) is 2.40. The average molecular weight is 306 g/mol. The molecule has 0 saturated carbocycles. The lowest BCUT2D eigenvalue weighted by atomic mass is 10.2. The van der Waals surface area contributed by atoms with Crippen LogP contribution in [0, 0.1) is 0 Å². The Morgan fingerprint density at radius 3 is 2.50 bits per heavy atom. The van der Waals surface area contributed by atoms with Crippen LogP contribution >= 0.6 is 23.2 Å². The lowest BCUT2D eigenvalue weighted by Gasteiger charge is -2.08. The van der Waals surface area contributed by atoms with Crippen LogP contribution in [0.2, 0.25) is 10.0 Å². The van der Waals surface area contributed by atoms with E-state index in [-0.39, 0.29) is 0 Å². The van der Waals surface area contributed by atoms with Gasteiger partial charge in [0.25, 0.3) is 0 Å². The molecular weight excluding hydrogens is 293 g/mol. The molecule has 0 radical (unpaired) electrons. The maximum atomic E-state index is 6.21. The van der Waals surface area contributed by atoms with Crippen LogP contribution < -0.4 is 4.74 Å². The maximum Gasteiger partial charge on any atom is 0.138 e. The molecule has 20 heavy (non-hydrogen) atoms. The van der Waals surface area contributed by atoms with Crippen molar-refractivity contribution in [1.82, 2.24) is 4.57 Å². The third kappa shape index (κ3) is 2.37. The van der Waals surface area contributed by atoms with Gasteiger partial charge in [-0.25, -0.2) is 0 Å². The molecule has 0 unspecified atom stereocenters. The number of para-hydroxylation sites is 1. The van der Waals surface area contributed by atoms with Crippen LogP contribution in [0.25, 0.3) is 10.9 Å². The SMILES string of the molecule is Cn1c(COc2ccccc2Cl)cc2c(Cl)cccc21. The number of rotatable bonds is 3. The molecule has 4 heteroatoms. The third-order valence-corrected chi connectivity index (χ3v) is 3.99. The molecule has 0 bridgehead atoms. The highest BCUT2D eigenvalue weighted by atomic mass is 35.5. The van der Waals surface area contributed by atoms with Gasteiger partial charge in [-0.15, -0.1) is 0 Å². The van der Waals surface area contributed by atoms with Crippen LogP contribution in [-0.2, 0) is 13.7 Å². The first-order valence-corrected chi connectivity index (χ1v) is 7.02. The molecule has 1 aromatic heterocycles. The molecule has 0 aliphatic heterocycles.